The van der Waals surface area contributed by atoms with E-state index >= 15 is 0 Å². The van der Waals surface area contributed by atoms with Crippen molar-refractivity contribution < 1.29 is 24.3 Å². The maximum Gasteiger partial charge on any atom is 0.326 e. The minimum absolute atomic E-state index is 0.110. The number of amides is 4. The Morgan fingerprint density at radius 3 is 2.35 bits per heavy atom. The molecular formula is C11H20N4O5. The molecule has 9 nitrogen and oxygen atoms in total. The topological polar surface area (TPSA) is 142 Å². The van der Waals surface area contributed by atoms with E-state index in [9.17, 15) is 19.2 Å². The van der Waals surface area contributed by atoms with Crippen LogP contribution in [0.4, 0.5) is 4.79 Å². The molecule has 0 aliphatic rings. The summed E-state index contributed by atoms with van der Waals surface area (Å²) in [6, 6.07) is -2.03. The van der Waals surface area contributed by atoms with Gasteiger partial charge in [0.15, 0.2) is 0 Å². The highest BCUT2D eigenvalue weighted by Gasteiger charge is 2.20. The lowest BCUT2D eigenvalue weighted by Gasteiger charge is -2.17. The molecule has 0 bridgehead atoms. The van der Waals surface area contributed by atoms with Crippen molar-refractivity contribution in [1.82, 2.24) is 15.5 Å². The first-order valence-electron chi connectivity index (χ1n) is 6.07. The minimum atomic E-state index is -1.28. The molecule has 0 spiro atoms. The number of carboxylic acids is 1. The number of nitrogens with zero attached hydrogens (tertiary/aromatic N) is 1. The van der Waals surface area contributed by atoms with E-state index in [0.717, 1.165) is 0 Å². The van der Waals surface area contributed by atoms with Gasteiger partial charge in [0.2, 0.25) is 11.8 Å². The normalized spacial score (nSPS) is 11.3. The number of hydrogen-bond acceptors (Lipinski definition) is 4. The summed E-state index contributed by atoms with van der Waals surface area (Å²) < 4.78 is 0. The zero-order valence-corrected chi connectivity index (χ0v) is 11.5. The van der Waals surface area contributed by atoms with Crippen LogP contribution >= 0.6 is 0 Å². The molecule has 0 aliphatic heterocycles. The van der Waals surface area contributed by atoms with Gasteiger partial charge in [0.05, 0.1) is 6.54 Å². The number of nitrogens with one attached hydrogen (secondary N) is 2. The Morgan fingerprint density at radius 2 is 1.90 bits per heavy atom. The highest BCUT2D eigenvalue weighted by atomic mass is 16.4. The van der Waals surface area contributed by atoms with Gasteiger partial charge in [0, 0.05) is 20.0 Å². The molecule has 0 heterocycles. The molecule has 0 saturated heterocycles. The number of hydrogen-bond donors (Lipinski definition) is 4. The molecule has 0 aromatic heterocycles. The average molecular weight is 288 g/mol. The van der Waals surface area contributed by atoms with Gasteiger partial charge >= 0.3 is 12.0 Å². The van der Waals surface area contributed by atoms with Crippen LogP contribution in [0.5, 0.6) is 0 Å². The molecule has 0 radical (unpaired) electrons. The zero-order chi connectivity index (χ0) is 15.7. The van der Waals surface area contributed by atoms with Crippen molar-refractivity contribution in [2.24, 2.45) is 5.73 Å². The Kier molecular flexibility index (Phi) is 7.71. The lowest BCUT2D eigenvalue weighted by Crippen LogP contribution is -2.48. The molecule has 0 aliphatic carbocycles. The molecule has 20 heavy (non-hydrogen) atoms. The van der Waals surface area contributed by atoms with Gasteiger partial charge in [-0.3, -0.25) is 9.59 Å². The molecule has 0 saturated carbocycles. The molecule has 0 aromatic rings. The van der Waals surface area contributed by atoms with Crippen LogP contribution in [0, 0.1) is 0 Å². The summed E-state index contributed by atoms with van der Waals surface area (Å²) in [5.74, 6) is -2.23. The third-order valence-electron chi connectivity index (χ3n) is 2.58. The van der Waals surface area contributed by atoms with Crippen molar-refractivity contribution in [3.05, 3.63) is 0 Å². The van der Waals surface area contributed by atoms with Crippen LogP contribution in [-0.2, 0) is 14.4 Å². The van der Waals surface area contributed by atoms with Crippen molar-refractivity contribution in [3.8, 4) is 0 Å². The van der Waals surface area contributed by atoms with Crippen LogP contribution in [-0.4, -0.2) is 60.0 Å². The Morgan fingerprint density at radius 1 is 1.30 bits per heavy atom. The lowest BCUT2D eigenvalue weighted by molar-refractivity contribution is -0.139. The van der Waals surface area contributed by atoms with E-state index in [1.807, 2.05) is 0 Å². The maximum atomic E-state index is 11.4. The Labute approximate surface area is 116 Å². The minimum Gasteiger partial charge on any atom is -0.480 e. The van der Waals surface area contributed by atoms with Gasteiger partial charge in [-0.05, 0) is 13.3 Å². The van der Waals surface area contributed by atoms with Crippen molar-refractivity contribution in [2.45, 2.75) is 25.8 Å². The lowest BCUT2D eigenvalue weighted by atomic mass is 10.1. The largest absolute Gasteiger partial charge is 0.480 e. The highest BCUT2D eigenvalue weighted by molar-refractivity contribution is 5.86. The summed E-state index contributed by atoms with van der Waals surface area (Å²) in [6.07, 6.45) is -0.268. The van der Waals surface area contributed by atoms with E-state index in [0.29, 0.717) is 6.54 Å². The summed E-state index contributed by atoms with van der Waals surface area (Å²) in [7, 11) is 1.58. The van der Waals surface area contributed by atoms with Crippen LogP contribution < -0.4 is 16.4 Å². The van der Waals surface area contributed by atoms with Crippen molar-refractivity contribution in [3.63, 3.8) is 0 Å². The van der Waals surface area contributed by atoms with E-state index in [2.05, 4.69) is 10.6 Å². The van der Waals surface area contributed by atoms with Gasteiger partial charge in [-0.25, -0.2) is 9.59 Å². The van der Waals surface area contributed by atoms with Gasteiger partial charge < -0.3 is 26.4 Å². The molecule has 5 N–H and O–H groups in total. The van der Waals surface area contributed by atoms with E-state index in [1.54, 1.807) is 14.0 Å². The van der Waals surface area contributed by atoms with Crippen LogP contribution in [0.25, 0.3) is 0 Å². The zero-order valence-electron chi connectivity index (χ0n) is 11.5. The third kappa shape index (κ3) is 7.19. The van der Waals surface area contributed by atoms with Gasteiger partial charge in [0.25, 0.3) is 0 Å². The number of carbonyl (C=O) groups excluding carboxylic acids is 3. The first-order chi connectivity index (χ1) is 9.27. The maximum absolute atomic E-state index is 11.4. The number of likely N-dealkylation sites (N-methyl/N-ethyl adjacent to an activating group) is 1. The standard InChI is InChI=1S/C11H20N4O5/c1-3-15(2)9(17)6-13-11(20)14-7(10(18)19)4-5-8(12)16/h7H,3-6H2,1-2H3,(H2,12,16)(H,18,19)(H2,13,14,20)/t7-/m0/s1. The van der Waals surface area contributed by atoms with E-state index < -0.39 is 23.9 Å². The second-order valence-electron chi connectivity index (χ2n) is 4.13. The summed E-state index contributed by atoms with van der Waals surface area (Å²) in [5, 5.41) is 13.3. The SMILES string of the molecule is CCN(C)C(=O)CNC(=O)N[C@@H](CCC(N)=O)C(=O)O. The van der Waals surface area contributed by atoms with Crippen LogP contribution in [0.2, 0.25) is 0 Å². The Bertz CT molecular complexity index is 385. The smallest absolute Gasteiger partial charge is 0.326 e. The van der Waals surface area contributed by atoms with E-state index in [4.69, 9.17) is 10.8 Å². The Hall–Kier alpha value is -2.32. The summed E-state index contributed by atoms with van der Waals surface area (Å²) in [6.45, 7) is 2.04. The number of aliphatic carboxylic acids is 1. The molecule has 0 rings (SSSR count). The van der Waals surface area contributed by atoms with Crippen LogP contribution in [0.3, 0.4) is 0 Å². The number of nitrogens with two attached hydrogens (primary N) is 1. The summed E-state index contributed by atoms with van der Waals surface area (Å²) in [5.41, 5.74) is 4.91. The molecule has 4 amide bonds. The van der Waals surface area contributed by atoms with Crippen molar-refractivity contribution >= 4 is 23.8 Å². The quantitative estimate of drug-likeness (QED) is 0.429. The third-order valence-corrected chi connectivity index (χ3v) is 2.58. The number of urea groups is 1. The second kappa shape index (κ2) is 8.73. The average Bonchev–Trinajstić information content (AvgIpc) is 2.39. The fourth-order valence-corrected chi connectivity index (χ4v) is 1.22. The van der Waals surface area contributed by atoms with Crippen molar-refractivity contribution in [1.29, 1.82) is 0 Å². The van der Waals surface area contributed by atoms with Crippen LogP contribution in [0.15, 0.2) is 0 Å². The molecule has 114 valence electrons. The van der Waals surface area contributed by atoms with E-state index in [1.165, 1.54) is 4.90 Å². The fraction of sp³-hybridized carbons (Fsp3) is 0.636. The first kappa shape index (κ1) is 17.7. The number of primary amides is 1. The Balaban J connectivity index is 4.23. The van der Waals surface area contributed by atoms with Crippen molar-refractivity contribution in [2.75, 3.05) is 20.1 Å². The predicted molar refractivity (Wildman–Crippen MR) is 69.7 cm³/mol. The summed E-state index contributed by atoms with van der Waals surface area (Å²) >= 11 is 0. The van der Waals surface area contributed by atoms with Gasteiger partial charge in [-0.15, -0.1) is 0 Å². The molecule has 1 atom stereocenters. The van der Waals surface area contributed by atoms with Crippen LogP contribution in [0.1, 0.15) is 19.8 Å². The monoisotopic (exact) mass is 288 g/mol. The fourth-order valence-electron chi connectivity index (χ4n) is 1.22. The molecule has 0 unspecified atom stereocenters. The van der Waals surface area contributed by atoms with Gasteiger partial charge in [-0.2, -0.15) is 0 Å². The predicted octanol–water partition coefficient (Wildman–Crippen LogP) is -1.52. The number of carbonyl (C=O) groups is 4. The molecule has 0 fully saturated rings. The number of carboxylic acid groups (broad SMARTS) is 1. The number of rotatable bonds is 8. The second-order valence-corrected chi connectivity index (χ2v) is 4.13. The molecular weight excluding hydrogens is 268 g/mol. The van der Waals surface area contributed by atoms with Gasteiger partial charge in [0.1, 0.15) is 6.04 Å². The molecule has 9 heteroatoms. The highest BCUT2D eigenvalue weighted by Crippen LogP contribution is 1.97. The molecule has 0 aromatic carbocycles. The summed E-state index contributed by atoms with van der Waals surface area (Å²) in [4.78, 5) is 45.7. The van der Waals surface area contributed by atoms with Gasteiger partial charge in [-0.1, -0.05) is 0 Å². The van der Waals surface area contributed by atoms with E-state index in [-0.39, 0.29) is 25.3 Å². The first-order valence-corrected chi connectivity index (χ1v) is 6.07.